The van der Waals surface area contributed by atoms with Crippen molar-refractivity contribution in [3.8, 4) is 0 Å². The Morgan fingerprint density at radius 2 is 1.75 bits per heavy atom. The van der Waals surface area contributed by atoms with Crippen LogP contribution in [0, 0.1) is 6.92 Å². The van der Waals surface area contributed by atoms with Gasteiger partial charge in [0.25, 0.3) is 5.91 Å². The van der Waals surface area contributed by atoms with Gasteiger partial charge in [-0.3, -0.25) is 14.9 Å². The van der Waals surface area contributed by atoms with E-state index in [1.165, 1.54) is 6.08 Å². The number of amides is 2. The fourth-order valence-corrected chi connectivity index (χ4v) is 2.46. The summed E-state index contributed by atoms with van der Waals surface area (Å²) in [5, 5.41) is 8.41. The highest BCUT2D eigenvalue weighted by atomic mass is 32.1. The molecule has 0 spiro atoms. The van der Waals surface area contributed by atoms with E-state index < -0.39 is 0 Å². The predicted octanol–water partition coefficient (Wildman–Crippen LogP) is 2.90. The lowest BCUT2D eigenvalue weighted by molar-refractivity contribution is -0.115. The number of hydrogen-bond donors (Lipinski definition) is 3. The van der Waals surface area contributed by atoms with Gasteiger partial charge in [-0.1, -0.05) is 29.8 Å². The van der Waals surface area contributed by atoms with Crippen LogP contribution in [0.15, 0.2) is 54.6 Å². The van der Waals surface area contributed by atoms with Crippen LogP contribution in [0.3, 0.4) is 0 Å². The first-order chi connectivity index (χ1) is 13.5. The predicted molar refractivity (Wildman–Crippen MR) is 115 cm³/mol. The normalized spacial score (nSPS) is 10.5. The Hall–Kier alpha value is -3.03. The maximum absolute atomic E-state index is 12.0. The molecule has 0 saturated carbocycles. The average Bonchev–Trinajstić information content (AvgIpc) is 2.68. The first-order valence-electron chi connectivity index (χ1n) is 8.72. The summed E-state index contributed by atoms with van der Waals surface area (Å²) in [4.78, 5) is 23.9. The molecule has 2 aromatic rings. The number of ether oxygens (including phenoxy) is 1. The third-order valence-electron chi connectivity index (χ3n) is 3.74. The molecule has 0 saturated heterocycles. The summed E-state index contributed by atoms with van der Waals surface area (Å²) in [6.07, 6.45) is 3.14. The van der Waals surface area contributed by atoms with Crippen molar-refractivity contribution in [1.82, 2.24) is 10.6 Å². The molecule has 0 aliphatic rings. The largest absolute Gasteiger partial charge is 0.383 e. The Morgan fingerprint density at radius 3 is 2.39 bits per heavy atom. The van der Waals surface area contributed by atoms with Crippen molar-refractivity contribution in [1.29, 1.82) is 0 Å². The maximum Gasteiger partial charge on any atom is 0.251 e. The van der Waals surface area contributed by atoms with E-state index in [-0.39, 0.29) is 16.9 Å². The molecule has 6 nitrogen and oxygen atoms in total. The highest BCUT2D eigenvalue weighted by Crippen LogP contribution is 2.09. The van der Waals surface area contributed by atoms with E-state index in [0.29, 0.717) is 24.4 Å². The van der Waals surface area contributed by atoms with E-state index in [0.717, 1.165) is 11.1 Å². The molecule has 28 heavy (non-hydrogen) atoms. The number of hydrogen-bond acceptors (Lipinski definition) is 4. The molecule has 2 aromatic carbocycles. The van der Waals surface area contributed by atoms with Crippen molar-refractivity contribution in [2.24, 2.45) is 0 Å². The molecule has 0 fully saturated rings. The van der Waals surface area contributed by atoms with Crippen LogP contribution >= 0.6 is 12.2 Å². The van der Waals surface area contributed by atoms with Gasteiger partial charge in [0.2, 0.25) is 5.91 Å². The number of methoxy groups -OCH3 is 1. The van der Waals surface area contributed by atoms with E-state index in [2.05, 4.69) is 16.0 Å². The highest BCUT2D eigenvalue weighted by Gasteiger charge is 2.06. The topological polar surface area (TPSA) is 79.5 Å². The minimum atomic E-state index is -0.327. The number of carbonyl (C=O) groups is 2. The molecular weight excluding hydrogens is 374 g/mol. The van der Waals surface area contributed by atoms with Crippen molar-refractivity contribution in [2.45, 2.75) is 6.92 Å². The quantitative estimate of drug-likeness (QED) is 0.380. The molecule has 2 amide bonds. The lowest BCUT2D eigenvalue weighted by Gasteiger charge is -2.09. The third-order valence-corrected chi connectivity index (χ3v) is 3.94. The van der Waals surface area contributed by atoms with E-state index in [1.54, 1.807) is 37.5 Å². The summed E-state index contributed by atoms with van der Waals surface area (Å²) in [5.41, 5.74) is 3.28. The molecule has 0 heterocycles. The van der Waals surface area contributed by atoms with Crippen molar-refractivity contribution in [2.75, 3.05) is 25.6 Å². The molecule has 0 aliphatic heterocycles. The van der Waals surface area contributed by atoms with Crippen LogP contribution in [0.25, 0.3) is 6.08 Å². The van der Waals surface area contributed by atoms with Gasteiger partial charge in [0.1, 0.15) is 0 Å². The fraction of sp³-hybridized carbons (Fsp3) is 0.190. The molecule has 3 N–H and O–H groups in total. The van der Waals surface area contributed by atoms with Gasteiger partial charge < -0.3 is 15.4 Å². The number of thiocarbonyl (C=S) groups is 1. The van der Waals surface area contributed by atoms with Gasteiger partial charge in [-0.15, -0.1) is 0 Å². The Morgan fingerprint density at radius 1 is 1.07 bits per heavy atom. The van der Waals surface area contributed by atoms with Gasteiger partial charge in [0.05, 0.1) is 6.61 Å². The molecule has 0 bridgehead atoms. The van der Waals surface area contributed by atoms with E-state index in [4.69, 9.17) is 17.0 Å². The first kappa shape index (κ1) is 21.3. The number of anilines is 1. The van der Waals surface area contributed by atoms with Crippen LogP contribution in [0.4, 0.5) is 5.69 Å². The molecule has 0 aliphatic carbocycles. The van der Waals surface area contributed by atoms with Crippen LogP contribution in [-0.4, -0.2) is 37.2 Å². The highest BCUT2D eigenvalue weighted by molar-refractivity contribution is 7.80. The molecule has 7 heteroatoms. The van der Waals surface area contributed by atoms with Gasteiger partial charge in [0.15, 0.2) is 5.11 Å². The van der Waals surface area contributed by atoms with Crippen LogP contribution in [0.2, 0.25) is 0 Å². The van der Waals surface area contributed by atoms with Gasteiger partial charge in [-0.05, 0) is 55.0 Å². The first-order valence-corrected chi connectivity index (χ1v) is 9.12. The monoisotopic (exact) mass is 397 g/mol. The Bertz CT molecular complexity index is 846. The number of carbonyl (C=O) groups excluding carboxylic acids is 2. The Labute approximate surface area is 170 Å². The van der Waals surface area contributed by atoms with Gasteiger partial charge in [0, 0.05) is 31.0 Å². The van der Waals surface area contributed by atoms with Crippen LogP contribution in [0.1, 0.15) is 21.5 Å². The van der Waals surface area contributed by atoms with Gasteiger partial charge >= 0.3 is 0 Å². The average molecular weight is 398 g/mol. The van der Waals surface area contributed by atoms with Crippen molar-refractivity contribution >= 4 is 40.9 Å². The summed E-state index contributed by atoms with van der Waals surface area (Å²) in [6, 6.07) is 14.6. The number of benzene rings is 2. The Balaban J connectivity index is 1.82. The molecule has 0 radical (unpaired) electrons. The SMILES string of the molecule is COCCNC(=O)c1ccc(NC(=S)NC(=O)/C=C/c2ccc(C)cc2)cc1. The van der Waals surface area contributed by atoms with E-state index in [1.807, 2.05) is 31.2 Å². The molecule has 0 aromatic heterocycles. The van der Waals surface area contributed by atoms with Crippen molar-refractivity contribution in [3.05, 3.63) is 71.3 Å². The standard InChI is InChI=1S/C21H23N3O3S/c1-15-3-5-16(6-4-15)7-12-19(25)24-21(28)23-18-10-8-17(9-11-18)20(26)22-13-14-27-2/h3-12H,13-14H2,1-2H3,(H,22,26)(H2,23,24,25,28)/b12-7+. The van der Waals surface area contributed by atoms with Gasteiger partial charge in [-0.25, -0.2) is 0 Å². The number of rotatable bonds is 7. The minimum absolute atomic E-state index is 0.177. The minimum Gasteiger partial charge on any atom is -0.383 e. The summed E-state index contributed by atoms with van der Waals surface area (Å²) in [6.45, 7) is 2.91. The zero-order valence-corrected chi connectivity index (χ0v) is 16.6. The Kier molecular flexibility index (Phi) is 8.33. The molecule has 146 valence electrons. The molecule has 2 rings (SSSR count). The van der Waals surface area contributed by atoms with Crippen LogP contribution in [0.5, 0.6) is 0 Å². The second-order valence-corrected chi connectivity index (χ2v) is 6.42. The molecule has 0 unspecified atom stereocenters. The fourth-order valence-electron chi connectivity index (χ4n) is 2.24. The lowest BCUT2D eigenvalue weighted by atomic mass is 10.1. The molecule has 0 atom stereocenters. The summed E-state index contributed by atoms with van der Waals surface area (Å²) >= 11 is 5.15. The van der Waals surface area contributed by atoms with Crippen LogP contribution < -0.4 is 16.0 Å². The third kappa shape index (κ3) is 7.30. The number of aryl methyl sites for hydroxylation is 1. The summed E-state index contributed by atoms with van der Waals surface area (Å²) < 4.78 is 4.89. The van der Waals surface area contributed by atoms with Crippen molar-refractivity contribution in [3.63, 3.8) is 0 Å². The molecular formula is C21H23N3O3S. The van der Waals surface area contributed by atoms with E-state index in [9.17, 15) is 9.59 Å². The van der Waals surface area contributed by atoms with Crippen LogP contribution in [-0.2, 0) is 9.53 Å². The zero-order valence-electron chi connectivity index (χ0n) is 15.8. The summed E-state index contributed by atoms with van der Waals surface area (Å²) in [5.74, 6) is -0.507. The van der Waals surface area contributed by atoms with Gasteiger partial charge in [-0.2, -0.15) is 0 Å². The zero-order chi connectivity index (χ0) is 20.4. The second kappa shape index (κ2) is 11.0. The number of nitrogens with one attached hydrogen (secondary N) is 3. The summed E-state index contributed by atoms with van der Waals surface area (Å²) in [7, 11) is 1.58. The second-order valence-electron chi connectivity index (χ2n) is 6.01. The van der Waals surface area contributed by atoms with Crippen molar-refractivity contribution < 1.29 is 14.3 Å². The maximum atomic E-state index is 12.0. The van der Waals surface area contributed by atoms with E-state index >= 15 is 0 Å². The lowest BCUT2D eigenvalue weighted by Crippen LogP contribution is -2.32. The smallest absolute Gasteiger partial charge is 0.251 e.